The van der Waals surface area contributed by atoms with E-state index in [-0.39, 0.29) is 45.3 Å². The maximum absolute atomic E-state index is 12.8. The molecule has 2 saturated carbocycles. The quantitative estimate of drug-likeness (QED) is 0.448. The van der Waals surface area contributed by atoms with Crippen molar-refractivity contribution in [3.8, 4) is 0 Å². The van der Waals surface area contributed by atoms with Gasteiger partial charge in [-0.1, -0.05) is 59.7 Å². The van der Waals surface area contributed by atoms with Gasteiger partial charge in [-0.15, -0.1) is 0 Å². The Morgan fingerprint density at radius 3 is 1.17 bits per heavy atom. The van der Waals surface area contributed by atoms with Crippen molar-refractivity contribution in [1.82, 2.24) is 9.66 Å². The second kappa shape index (κ2) is 8.14. The Balaban J connectivity index is 1.24. The highest BCUT2D eigenvalue weighted by Crippen LogP contribution is 2.60. The Bertz CT molecular complexity index is 1400. The van der Waals surface area contributed by atoms with Gasteiger partial charge in [0.05, 0.1) is 21.2 Å². The van der Waals surface area contributed by atoms with E-state index in [1.807, 2.05) is 13.8 Å². The van der Waals surface area contributed by atoms with E-state index in [1.54, 1.807) is 48.5 Å². The van der Waals surface area contributed by atoms with Crippen LogP contribution in [-0.2, 0) is 20.0 Å². The van der Waals surface area contributed by atoms with E-state index in [4.69, 9.17) is 0 Å². The van der Waals surface area contributed by atoms with Crippen LogP contribution in [0.2, 0.25) is 0 Å². The zero-order chi connectivity index (χ0) is 25.2. The predicted octanol–water partition coefficient (Wildman–Crippen LogP) is 3.14. The number of allylic oxidation sites excluding steroid dienone is 4. The molecule has 0 spiro atoms. The molecule has 6 rings (SSSR count). The summed E-state index contributed by atoms with van der Waals surface area (Å²) < 4.78 is 51.1. The Hall–Kier alpha value is -3.24. The third-order valence-electron chi connectivity index (χ3n) is 7.77. The van der Waals surface area contributed by atoms with Crippen molar-refractivity contribution < 1.29 is 16.8 Å². The smallest absolute Gasteiger partial charge is 0.200 e. The SMILES string of the molecule is Cc1ccc(S(=O)(=O)NN=C2[C@H]3C=C[C@H]4C(=NNS(=O)(=O)c5ccc(C)cc5)[C@@H]5C=C[C@@H]2C5C34)cc1. The van der Waals surface area contributed by atoms with Crippen LogP contribution < -0.4 is 9.66 Å². The van der Waals surface area contributed by atoms with Crippen LogP contribution in [0.4, 0.5) is 0 Å². The van der Waals surface area contributed by atoms with E-state index < -0.39 is 20.0 Å². The average Bonchev–Trinajstić information content (AvgIpc) is 3.57. The molecule has 0 saturated heterocycles. The molecule has 2 unspecified atom stereocenters. The summed E-state index contributed by atoms with van der Waals surface area (Å²) in [4.78, 5) is 5.22. The fourth-order valence-corrected chi connectivity index (χ4v) is 7.74. The molecule has 4 aliphatic carbocycles. The van der Waals surface area contributed by atoms with Gasteiger partial charge in [-0.25, -0.2) is 9.66 Å². The van der Waals surface area contributed by atoms with Crippen LogP contribution in [0.15, 0.2) is 92.8 Å². The van der Waals surface area contributed by atoms with Crippen LogP contribution >= 0.6 is 0 Å². The van der Waals surface area contributed by atoms with E-state index in [0.29, 0.717) is 0 Å². The number of nitrogens with one attached hydrogen (secondary N) is 2. The second-order valence-electron chi connectivity index (χ2n) is 9.92. The molecule has 6 atom stereocenters. The van der Waals surface area contributed by atoms with Crippen molar-refractivity contribution in [3.63, 3.8) is 0 Å². The fourth-order valence-electron chi connectivity index (χ4n) is 6.09. The summed E-state index contributed by atoms with van der Waals surface area (Å²) in [7, 11) is -7.55. The molecule has 36 heavy (non-hydrogen) atoms. The maximum Gasteiger partial charge on any atom is 0.276 e. The molecular formula is C26H26N4O4S2. The highest BCUT2D eigenvalue weighted by atomic mass is 32.2. The lowest BCUT2D eigenvalue weighted by Crippen LogP contribution is -2.26. The number of hydrogen-bond donors (Lipinski definition) is 2. The van der Waals surface area contributed by atoms with Gasteiger partial charge in [0.15, 0.2) is 0 Å². The molecule has 186 valence electrons. The average molecular weight is 523 g/mol. The summed E-state index contributed by atoms with van der Waals surface area (Å²) in [5.41, 5.74) is 3.56. The summed E-state index contributed by atoms with van der Waals surface area (Å²) in [6.07, 6.45) is 8.23. The molecule has 0 bridgehead atoms. The Morgan fingerprint density at radius 2 is 0.861 bits per heavy atom. The molecule has 2 fully saturated rings. The number of nitrogens with zero attached hydrogens (tertiary/aromatic N) is 2. The van der Waals surface area contributed by atoms with Crippen LogP contribution in [0.5, 0.6) is 0 Å². The van der Waals surface area contributed by atoms with Crippen molar-refractivity contribution in [2.75, 3.05) is 0 Å². The van der Waals surface area contributed by atoms with Gasteiger partial charge in [-0.05, 0) is 49.9 Å². The lowest BCUT2D eigenvalue weighted by atomic mass is 9.88. The number of hydrogen-bond acceptors (Lipinski definition) is 6. The van der Waals surface area contributed by atoms with Crippen molar-refractivity contribution >= 4 is 31.5 Å². The number of hydrazone groups is 2. The predicted molar refractivity (Wildman–Crippen MR) is 137 cm³/mol. The monoisotopic (exact) mass is 522 g/mol. The minimum atomic E-state index is -3.78. The highest BCUT2D eigenvalue weighted by Gasteiger charge is 2.62. The van der Waals surface area contributed by atoms with Crippen molar-refractivity contribution in [2.24, 2.45) is 45.7 Å². The molecule has 8 nitrogen and oxygen atoms in total. The number of rotatable bonds is 6. The molecule has 0 aromatic heterocycles. The fraction of sp³-hybridized carbons (Fsp3) is 0.308. The van der Waals surface area contributed by atoms with Gasteiger partial charge < -0.3 is 0 Å². The van der Waals surface area contributed by atoms with E-state index in [1.165, 1.54) is 0 Å². The van der Waals surface area contributed by atoms with E-state index in [9.17, 15) is 16.8 Å². The van der Waals surface area contributed by atoms with Gasteiger partial charge in [0.2, 0.25) is 0 Å². The zero-order valence-electron chi connectivity index (χ0n) is 19.7. The molecule has 10 heteroatoms. The van der Waals surface area contributed by atoms with Crippen LogP contribution in [0, 0.1) is 49.4 Å². The van der Waals surface area contributed by atoms with Gasteiger partial charge in [0.25, 0.3) is 20.0 Å². The molecule has 4 aliphatic rings. The van der Waals surface area contributed by atoms with Crippen molar-refractivity contribution in [2.45, 2.75) is 23.6 Å². The Kier molecular flexibility index (Phi) is 5.24. The Labute approximate surface area is 211 Å². The van der Waals surface area contributed by atoms with Gasteiger partial charge in [-0.2, -0.15) is 27.0 Å². The van der Waals surface area contributed by atoms with Gasteiger partial charge in [0, 0.05) is 23.7 Å². The molecule has 0 heterocycles. The van der Waals surface area contributed by atoms with E-state index in [0.717, 1.165) is 22.6 Å². The molecular weight excluding hydrogens is 496 g/mol. The minimum Gasteiger partial charge on any atom is -0.200 e. The van der Waals surface area contributed by atoms with E-state index in [2.05, 4.69) is 44.2 Å². The molecule has 0 amide bonds. The number of sulfonamides is 2. The summed E-state index contributed by atoms with van der Waals surface area (Å²) in [5.74, 6) is 0.304. The highest BCUT2D eigenvalue weighted by molar-refractivity contribution is 7.89. The topological polar surface area (TPSA) is 117 Å². The zero-order valence-corrected chi connectivity index (χ0v) is 21.4. The van der Waals surface area contributed by atoms with Crippen LogP contribution in [-0.4, -0.2) is 28.3 Å². The van der Waals surface area contributed by atoms with Crippen LogP contribution in [0.25, 0.3) is 0 Å². The van der Waals surface area contributed by atoms with Crippen molar-refractivity contribution in [1.29, 1.82) is 0 Å². The van der Waals surface area contributed by atoms with Gasteiger partial charge in [-0.3, -0.25) is 0 Å². The summed E-state index contributed by atoms with van der Waals surface area (Å²) in [5, 5.41) is 8.83. The second-order valence-corrected chi connectivity index (χ2v) is 13.2. The first-order valence-corrected chi connectivity index (χ1v) is 14.8. The van der Waals surface area contributed by atoms with Crippen LogP contribution in [0.3, 0.4) is 0 Å². The van der Waals surface area contributed by atoms with Crippen LogP contribution in [0.1, 0.15) is 11.1 Å². The summed E-state index contributed by atoms with van der Waals surface area (Å²) in [6.45, 7) is 3.80. The molecule has 2 aromatic rings. The number of benzene rings is 2. The molecule has 0 radical (unpaired) electrons. The van der Waals surface area contributed by atoms with Crippen molar-refractivity contribution in [3.05, 3.63) is 84.0 Å². The first-order chi connectivity index (χ1) is 17.2. The first-order valence-electron chi connectivity index (χ1n) is 11.8. The standard InChI is InChI=1S/C26H26N4O4S2/c1-15-3-7-17(8-4-15)35(31,32)29-27-25-19-11-13-21-23(19)24-20(25)12-14-22(24)26(21)28-30-36(33,34)18-9-5-16(2)6-10-18/h3-14,19-24,29-30H,1-2H3/t19-,20-,21-,22+,23?,24?/m1/s1. The van der Waals surface area contributed by atoms with Gasteiger partial charge >= 0.3 is 0 Å². The molecule has 0 aliphatic heterocycles. The third kappa shape index (κ3) is 3.62. The lowest BCUT2D eigenvalue weighted by molar-refractivity contribution is 0.343. The molecule has 2 aromatic carbocycles. The van der Waals surface area contributed by atoms with E-state index >= 15 is 0 Å². The third-order valence-corrected chi connectivity index (χ3v) is 10.2. The first kappa shape index (κ1) is 23.2. The minimum absolute atomic E-state index is 0.0143. The largest absolute Gasteiger partial charge is 0.276 e. The number of aryl methyl sites for hydroxylation is 2. The normalized spacial score (nSPS) is 31.9. The van der Waals surface area contributed by atoms with Gasteiger partial charge in [0.1, 0.15) is 0 Å². The summed E-state index contributed by atoms with van der Waals surface area (Å²) in [6, 6.07) is 13.3. The maximum atomic E-state index is 12.8. The lowest BCUT2D eigenvalue weighted by Gasteiger charge is -2.14. The molecule has 2 N–H and O–H groups in total. The summed E-state index contributed by atoms with van der Waals surface area (Å²) >= 11 is 0. The Morgan fingerprint density at radius 1 is 0.556 bits per heavy atom.